The van der Waals surface area contributed by atoms with E-state index in [2.05, 4.69) is 36.2 Å². The van der Waals surface area contributed by atoms with Crippen LogP contribution < -0.4 is 0 Å². The minimum atomic E-state index is -0.207. The molecule has 0 aliphatic carbocycles. The van der Waals surface area contributed by atoms with Crippen LogP contribution >= 0.6 is 0 Å². The number of aromatic nitrogens is 3. The van der Waals surface area contributed by atoms with Crippen LogP contribution in [0.4, 0.5) is 0 Å². The molecule has 1 N–H and O–H groups in total. The van der Waals surface area contributed by atoms with Crippen molar-refractivity contribution < 1.29 is 5.11 Å². The summed E-state index contributed by atoms with van der Waals surface area (Å²) in [7, 11) is 0. The van der Waals surface area contributed by atoms with E-state index in [0.29, 0.717) is 5.69 Å². The summed E-state index contributed by atoms with van der Waals surface area (Å²) >= 11 is 0. The quantitative estimate of drug-likeness (QED) is 0.583. The van der Waals surface area contributed by atoms with Crippen molar-refractivity contribution in [1.82, 2.24) is 15.0 Å². The Morgan fingerprint density at radius 3 is 2.00 bits per heavy atom. The highest BCUT2D eigenvalue weighted by Crippen LogP contribution is 2.36. The second kappa shape index (κ2) is 5.99. The summed E-state index contributed by atoms with van der Waals surface area (Å²) in [5, 5.41) is 19.7. The minimum Gasteiger partial charge on any atom is -0.505 e. The fourth-order valence-electron chi connectivity index (χ4n) is 3.26. The molecule has 0 fully saturated rings. The summed E-state index contributed by atoms with van der Waals surface area (Å²) in [5.74, 6) is 0.206. The van der Waals surface area contributed by atoms with Crippen LogP contribution in [0.1, 0.15) is 30.5 Å². The Morgan fingerprint density at radius 2 is 1.38 bits per heavy atom. The van der Waals surface area contributed by atoms with Gasteiger partial charge in [-0.05, 0) is 41.8 Å². The van der Waals surface area contributed by atoms with Crippen molar-refractivity contribution in [2.75, 3.05) is 0 Å². The van der Waals surface area contributed by atoms with Crippen LogP contribution in [0.2, 0.25) is 0 Å². The molecule has 0 amide bonds. The van der Waals surface area contributed by atoms with Gasteiger partial charge in [0.25, 0.3) is 0 Å². The molecule has 0 spiro atoms. The molecule has 0 aliphatic heterocycles. The van der Waals surface area contributed by atoms with Crippen molar-refractivity contribution in [3.8, 4) is 11.4 Å². The lowest BCUT2D eigenvalue weighted by atomic mass is 9.77. The van der Waals surface area contributed by atoms with Gasteiger partial charge in [-0.25, -0.2) is 0 Å². The first-order chi connectivity index (χ1) is 12.5. The predicted molar refractivity (Wildman–Crippen MR) is 104 cm³/mol. The lowest BCUT2D eigenvalue weighted by Gasteiger charge is -2.27. The lowest BCUT2D eigenvalue weighted by Crippen LogP contribution is -2.19. The fourth-order valence-corrected chi connectivity index (χ4v) is 3.26. The molecule has 26 heavy (non-hydrogen) atoms. The molecule has 4 nitrogen and oxygen atoms in total. The number of hydrogen-bond donors (Lipinski definition) is 1. The average molecular weight is 343 g/mol. The van der Waals surface area contributed by atoms with E-state index in [0.717, 1.165) is 22.2 Å². The van der Waals surface area contributed by atoms with E-state index in [1.54, 1.807) is 0 Å². The molecule has 0 unspecified atom stereocenters. The highest BCUT2D eigenvalue weighted by Gasteiger charge is 2.25. The van der Waals surface area contributed by atoms with Crippen molar-refractivity contribution >= 4 is 11.0 Å². The number of phenols is 1. The zero-order valence-corrected chi connectivity index (χ0v) is 15.1. The summed E-state index contributed by atoms with van der Waals surface area (Å²) in [4.78, 5) is 1.53. The van der Waals surface area contributed by atoms with Gasteiger partial charge in [-0.1, -0.05) is 62.4 Å². The Balaban J connectivity index is 1.89. The Bertz CT molecular complexity index is 1050. The molecule has 1 aromatic heterocycles. The number of aryl methyl sites for hydroxylation is 1. The standard InChI is InChI=1S/C22H21N3O/c1-15-13-17(22(2,3)16-9-5-4-6-10-16)14-20(21(15)26)25-23-18-11-7-8-12-19(18)24-25/h4-14,26H,1-3H3. The fraction of sp³-hybridized carbons (Fsp3) is 0.182. The zero-order valence-electron chi connectivity index (χ0n) is 15.1. The summed E-state index contributed by atoms with van der Waals surface area (Å²) in [5.41, 5.74) is 5.13. The third-order valence-electron chi connectivity index (χ3n) is 5.00. The first-order valence-electron chi connectivity index (χ1n) is 8.69. The van der Waals surface area contributed by atoms with Gasteiger partial charge in [-0.3, -0.25) is 0 Å². The van der Waals surface area contributed by atoms with E-state index in [4.69, 9.17) is 0 Å². The smallest absolute Gasteiger partial charge is 0.146 e. The van der Waals surface area contributed by atoms with E-state index in [9.17, 15) is 5.11 Å². The van der Waals surface area contributed by atoms with Crippen LogP contribution in [-0.2, 0) is 5.41 Å². The van der Waals surface area contributed by atoms with Crippen molar-refractivity contribution in [3.63, 3.8) is 0 Å². The SMILES string of the molecule is Cc1cc(C(C)(C)c2ccccc2)cc(-n2nc3ccccc3n2)c1O. The molecule has 1 heterocycles. The summed E-state index contributed by atoms with van der Waals surface area (Å²) < 4.78 is 0. The molecule has 130 valence electrons. The van der Waals surface area contributed by atoms with Gasteiger partial charge in [0.2, 0.25) is 0 Å². The van der Waals surface area contributed by atoms with E-state index in [1.807, 2.05) is 61.5 Å². The van der Waals surface area contributed by atoms with Gasteiger partial charge in [0, 0.05) is 5.41 Å². The van der Waals surface area contributed by atoms with Gasteiger partial charge >= 0.3 is 0 Å². The number of nitrogens with zero attached hydrogens (tertiary/aromatic N) is 3. The summed E-state index contributed by atoms with van der Waals surface area (Å²) in [6.45, 7) is 6.28. The highest BCUT2D eigenvalue weighted by atomic mass is 16.3. The van der Waals surface area contributed by atoms with Gasteiger partial charge < -0.3 is 5.11 Å². The molecule has 4 aromatic rings. The molecule has 0 saturated carbocycles. The van der Waals surface area contributed by atoms with E-state index in [1.165, 1.54) is 10.4 Å². The van der Waals surface area contributed by atoms with Gasteiger partial charge in [-0.2, -0.15) is 0 Å². The van der Waals surface area contributed by atoms with Gasteiger partial charge in [0.15, 0.2) is 0 Å². The first kappa shape index (κ1) is 16.3. The van der Waals surface area contributed by atoms with Crippen molar-refractivity contribution in [2.24, 2.45) is 0 Å². The van der Waals surface area contributed by atoms with Crippen molar-refractivity contribution in [2.45, 2.75) is 26.2 Å². The second-order valence-electron chi connectivity index (χ2n) is 7.13. The maximum atomic E-state index is 10.6. The predicted octanol–water partition coefficient (Wildman–Crippen LogP) is 4.76. The number of fused-ring (bicyclic) bond motifs is 1. The van der Waals surface area contributed by atoms with Crippen LogP contribution in [0.3, 0.4) is 0 Å². The van der Waals surface area contributed by atoms with Gasteiger partial charge in [0.1, 0.15) is 22.5 Å². The van der Waals surface area contributed by atoms with Gasteiger partial charge in [0.05, 0.1) is 0 Å². The lowest BCUT2D eigenvalue weighted by molar-refractivity contribution is 0.462. The highest BCUT2D eigenvalue weighted by molar-refractivity contribution is 5.73. The summed E-state index contributed by atoms with van der Waals surface area (Å²) in [6.07, 6.45) is 0. The average Bonchev–Trinajstić information content (AvgIpc) is 3.08. The Hall–Kier alpha value is -3.14. The third-order valence-corrected chi connectivity index (χ3v) is 5.00. The number of phenolic OH excluding ortho intramolecular Hbond substituents is 1. The molecule has 4 rings (SSSR count). The van der Waals surface area contributed by atoms with E-state index in [-0.39, 0.29) is 11.2 Å². The molecule has 4 heteroatoms. The van der Waals surface area contributed by atoms with Gasteiger partial charge in [-0.15, -0.1) is 15.0 Å². The Kier molecular flexibility index (Phi) is 3.76. The topological polar surface area (TPSA) is 50.9 Å². The van der Waals surface area contributed by atoms with Crippen molar-refractivity contribution in [3.05, 3.63) is 83.4 Å². The number of aromatic hydroxyl groups is 1. The largest absolute Gasteiger partial charge is 0.505 e. The van der Waals surface area contributed by atoms with Crippen LogP contribution in [0.15, 0.2) is 66.7 Å². The molecular weight excluding hydrogens is 322 g/mol. The molecule has 0 saturated heterocycles. The second-order valence-corrected chi connectivity index (χ2v) is 7.13. The molecule has 0 aliphatic rings. The Morgan fingerprint density at radius 1 is 0.808 bits per heavy atom. The van der Waals surface area contributed by atoms with Crippen LogP contribution in [-0.4, -0.2) is 20.1 Å². The monoisotopic (exact) mass is 343 g/mol. The molecule has 3 aromatic carbocycles. The maximum Gasteiger partial charge on any atom is 0.146 e. The van der Waals surface area contributed by atoms with Crippen LogP contribution in [0, 0.1) is 6.92 Å². The maximum absolute atomic E-state index is 10.6. The third kappa shape index (κ3) is 2.64. The zero-order chi connectivity index (χ0) is 18.3. The summed E-state index contributed by atoms with van der Waals surface area (Å²) in [6, 6.07) is 22.1. The normalized spacial score (nSPS) is 11.8. The number of hydrogen-bond acceptors (Lipinski definition) is 3. The Labute approximate surface area is 152 Å². The van der Waals surface area contributed by atoms with Crippen LogP contribution in [0.25, 0.3) is 16.7 Å². The number of benzene rings is 3. The minimum absolute atomic E-state index is 0.206. The molecular formula is C22H21N3O. The molecule has 0 bridgehead atoms. The van der Waals surface area contributed by atoms with E-state index >= 15 is 0 Å². The first-order valence-corrected chi connectivity index (χ1v) is 8.69. The molecule has 0 radical (unpaired) electrons. The van der Waals surface area contributed by atoms with Crippen LogP contribution in [0.5, 0.6) is 5.75 Å². The molecule has 0 atom stereocenters. The number of rotatable bonds is 3. The van der Waals surface area contributed by atoms with E-state index < -0.39 is 0 Å². The van der Waals surface area contributed by atoms with Crippen molar-refractivity contribution in [1.29, 1.82) is 0 Å².